The summed E-state index contributed by atoms with van der Waals surface area (Å²) in [5.41, 5.74) is 19.6. The second-order valence-electron chi connectivity index (χ2n) is 36.8. The van der Waals surface area contributed by atoms with Crippen molar-refractivity contribution in [2.75, 3.05) is 146 Å². The molecule has 738 valence electrons. The number of fused-ring (bicyclic) bond motifs is 5. The minimum Gasteiger partial charge on any atom is -0.460 e. The fraction of sp³-hybridized carbons (Fsp3) is 0.566. The predicted octanol–water partition coefficient (Wildman–Crippen LogP) is 7.95. The van der Waals surface area contributed by atoms with Crippen LogP contribution in [0.15, 0.2) is 120 Å². The van der Waals surface area contributed by atoms with Gasteiger partial charge in [0.15, 0.2) is 11.4 Å². The van der Waals surface area contributed by atoms with Crippen LogP contribution in [0.4, 0.5) is 34.3 Å². The first kappa shape index (κ1) is 102. The smallest absolute Gasteiger partial charge is 0.407 e. The molecule has 10 heterocycles. The fourth-order valence-electron chi connectivity index (χ4n) is 18.8. The van der Waals surface area contributed by atoms with Crippen LogP contribution >= 0.6 is 0 Å². The van der Waals surface area contributed by atoms with Crippen molar-refractivity contribution < 1.29 is 90.9 Å². The van der Waals surface area contributed by atoms with E-state index in [9.17, 15) is 53.4 Å². The van der Waals surface area contributed by atoms with Crippen LogP contribution in [0.3, 0.4) is 0 Å². The maximum absolute atomic E-state index is 14.5. The van der Waals surface area contributed by atoms with E-state index in [4.69, 9.17) is 54.5 Å². The van der Waals surface area contributed by atoms with Gasteiger partial charge >= 0.3 is 12.1 Å². The number of nitrogens with one attached hydrogen (secondary N) is 4. The predicted molar refractivity (Wildman–Crippen MR) is 510 cm³/mol. The Kier molecular flexibility index (Phi) is 37.3. The van der Waals surface area contributed by atoms with Crippen molar-refractivity contribution in [2.45, 2.75) is 218 Å². The van der Waals surface area contributed by atoms with E-state index >= 15 is 0 Å². The lowest BCUT2D eigenvalue weighted by atomic mass is 9.81. The van der Waals surface area contributed by atoms with Crippen LogP contribution in [0.5, 0.6) is 0 Å². The van der Waals surface area contributed by atoms with Crippen molar-refractivity contribution in [1.29, 1.82) is 5.41 Å². The lowest BCUT2D eigenvalue weighted by Gasteiger charge is -2.37. The standard InChI is InChI=1S/C99H133N19O19/c1-61-14-9-8-10-15-62(2)81(130-6)52-73-16-13-18-80(134-73)89(124)94(127)118-31-12-11-17-76(118)95(128)135-74(51-77(119)63(3)47-65(5)88(123)90(125)87(122)64(4)46-61)24-20-66-21-25-79(82(49-66)131-7)137-99(129)103-30-44-132-42-28-83(120)104-54-68-55-106-97(107-56-68)116-39-37-114(38-40-116)84(121)29-43-133-45-41-113-33-35-115(36-34-113)98-108-57-72(58-109-98)93(126)117-32-27-69-48-67(19-22-71(69)59-117)53-105-92-85(91(101)110-60-111-92)86(100)70-23-26-78-75(50-70)112-96(102)136-78/h8-10,14-15,19,22-23,26,47-48,50,55-58,60-61,63-64,66,73-74,76,79-82,88,90,100,123,125H,11-13,16-18,20-21,24-25,27-46,49,51-54,59H2,1-7H3,(H2,102,112)(H,103,129)(H,104,120)(H3,101,105,110,111)/b10-8?,14-9+,62-15?,65-47+,100-86?/t61-,63-,64-,66-,73?,74-,76+,79-,80?,81+,82-,88-,90+/m1/s1. The zero-order chi connectivity index (χ0) is 97.2. The first-order valence-electron chi connectivity index (χ1n) is 48.0. The Morgan fingerprint density at radius 3 is 2.17 bits per heavy atom. The van der Waals surface area contributed by atoms with Crippen molar-refractivity contribution in [3.8, 4) is 0 Å². The highest BCUT2D eigenvalue weighted by Crippen LogP contribution is 2.36. The van der Waals surface area contributed by atoms with Gasteiger partial charge in [-0.15, -0.1) is 0 Å². The van der Waals surface area contributed by atoms with E-state index in [0.29, 0.717) is 207 Å². The number of ketones is 3. The first-order valence-corrected chi connectivity index (χ1v) is 48.0. The summed E-state index contributed by atoms with van der Waals surface area (Å²) >= 11 is 0. The summed E-state index contributed by atoms with van der Waals surface area (Å²) in [6.45, 7) is 17.4. The van der Waals surface area contributed by atoms with E-state index in [-0.39, 0.29) is 136 Å². The summed E-state index contributed by atoms with van der Waals surface area (Å²) in [5.74, 6) is -3.37. The molecule has 4 aromatic heterocycles. The van der Waals surface area contributed by atoms with E-state index in [2.05, 4.69) is 66.7 Å². The van der Waals surface area contributed by atoms with Crippen molar-refractivity contribution in [3.05, 3.63) is 154 Å². The summed E-state index contributed by atoms with van der Waals surface area (Å²) in [6.07, 6.45) is 18.0. The number of benzene rings is 2. The largest absolute Gasteiger partial charge is 0.460 e. The highest BCUT2D eigenvalue weighted by Gasteiger charge is 2.43. The van der Waals surface area contributed by atoms with Gasteiger partial charge in [0.05, 0.1) is 68.0 Å². The summed E-state index contributed by atoms with van der Waals surface area (Å²) in [7, 11) is 3.15. The number of nitrogen functional groups attached to an aromatic ring is 2. The first-order chi connectivity index (χ1) is 66.1. The van der Waals surface area contributed by atoms with Crippen LogP contribution in [0, 0.1) is 29.1 Å². The number of carbonyl (C=O) groups is 9. The van der Waals surface area contributed by atoms with Gasteiger partial charge < -0.3 is 99.7 Å². The summed E-state index contributed by atoms with van der Waals surface area (Å²) in [5, 5.41) is 40.4. The molecule has 2 aromatic carbocycles. The number of carbonyl (C=O) groups excluding carboxylic acids is 9. The Labute approximate surface area is 798 Å². The van der Waals surface area contributed by atoms with Gasteiger partial charge in [0, 0.05) is 179 Å². The van der Waals surface area contributed by atoms with Crippen LogP contribution in [-0.2, 0) is 92.8 Å². The molecular weight excluding hydrogens is 1760 g/mol. The number of esters is 1. The molecule has 2 bridgehead atoms. The number of aliphatic hydroxyl groups excluding tert-OH is 2. The maximum atomic E-state index is 14.5. The molecule has 0 spiro atoms. The molecule has 5 amide bonds. The van der Waals surface area contributed by atoms with E-state index < -0.39 is 84.0 Å². The Balaban J connectivity index is 0.473. The average molecular weight is 1890 g/mol. The molecule has 10 N–H and O–H groups in total. The topological polar surface area (TPSA) is 493 Å². The highest BCUT2D eigenvalue weighted by atomic mass is 16.6. The molecular formula is C99H133N19O19. The summed E-state index contributed by atoms with van der Waals surface area (Å²) in [6, 6.07) is 10.3. The Morgan fingerprint density at radius 2 is 1.41 bits per heavy atom. The number of hydrogen-bond acceptors (Lipinski definition) is 33. The number of nitrogens with zero attached hydrogens (tertiary/aromatic N) is 13. The molecule has 13 atom stereocenters. The van der Waals surface area contributed by atoms with Crippen LogP contribution in [0.25, 0.3) is 11.1 Å². The number of anilines is 5. The number of ether oxygens (including phenoxy) is 7. The fourth-order valence-corrected chi connectivity index (χ4v) is 18.8. The Morgan fingerprint density at radius 1 is 0.664 bits per heavy atom. The van der Waals surface area contributed by atoms with Gasteiger partial charge in [-0.1, -0.05) is 75.4 Å². The number of aromatic nitrogens is 7. The molecule has 4 saturated heterocycles. The number of piperidine rings is 1. The second kappa shape index (κ2) is 49.9. The molecule has 1 saturated carbocycles. The summed E-state index contributed by atoms with van der Waals surface area (Å²) < 4.78 is 47.3. The third-order valence-corrected chi connectivity index (χ3v) is 27.0. The summed E-state index contributed by atoms with van der Waals surface area (Å²) in [4.78, 5) is 166. The second-order valence-corrected chi connectivity index (χ2v) is 36.8. The number of hydrogen-bond donors (Lipinski definition) is 8. The number of methoxy groups -OCH3 is 2. The van der Waals surface area contributed by atoms with Crippen molar-refractivity contribution >= 4 is 99.4 Å². The number of Topliss-reactive ketones (excluding diaryl/α,β-unsaturated/α-hetero) is 3. The zero-order valence-corrected chi connectivity index (χ0v) is 79.6. The number of nitrogens with two attached hydrogens (primary N) is 2. The number of aliphatic hydroxyl groups is 2. The monoisotopic (exact) mass is 1890 g/mol. The molecule has 1 aliphatic carbocycles. The minimum absolute atomic E-state index is 0.0120. The van der Waals surface area contributed by atoms with Crippen LogP contribution in [-0.4, -0.2) is 298 Å². The molecule has 38 nitrogen and oxygen atoms in total. The SMILES string of the molecule is CO[C@H]1CC2CCCC(O2)C(=O)C(=O)N2CCCC[C@H]2C(=O)O[C@H](CC[C@@H]2CC[C@@H](OC(=O)NCCOCCC(=O)NCc3cnc(N4CCN(C(=O)CCOCCN5CCN(c6ncc(C(=O)N7CCc8cc(CNc9ncnc(N)c9C(=N)c9ccc%10oc(N)nc%10c9)ccc8C7)cn6)CC5)CC4)nc3)[C@H](OC)C2)CC(=O)[C@H](C)/C=C(\C)[C@@H](O)[C@@H](O)C(=O)[C@H](C)C[C@H](C)/C=C/C=CC=C1C. The molecule has 13 rings (SSSR count). The maximum Gasteiger partial charge on any atom is 0.407 e. The van der Waals surface area contributed by atoms with Gasteiger partial charge in [-0.2, -0.15) is 4.98 Å². The number of allylic oxidation sites excluding steroid dienone is 6. The van der Waals surface area contributed by atoms with Gasteiger partial charge in [0.1, 0.15) is 65.8 Å². The van der Waals surface area contributed by atoms with E-state index in [0.717, 1.165) is 35.4 Å². The normalized spacial score (nSPS) is 25.2. The quantitative estimate of drug-likeness (QED) is 0.00759. The lowest BCUT2D eigenvalue weighted by molar-refractivity contribution is -0.167. The van der Waals surface area contributed by atoms with Gasteiger partial charge in [0.2, 0.25) is 29.5 Å². The van der Waals surface area contributed by atoms with Crippen LogP contribution in [0.1, 0.15) is 181 Å². The third-order valence-electron chi connectivity index (χ3n) is 27.0. The Hall–Kier alpha value is -11.9. The van der Waals surface area contributed by atoms with Crippen LogP contribution < -0.4 is 37.2 Å². The minimum atomic E-state index is -1.75. The molecule has 7 aliphatic rings. The zero-order valence-electron chi connectivity index (χ0n) is 79.6. The van der Waals surface area contributed by atoms with Gasteiger partial charge in [-0.25, -0.2) is 39.5 Å². The number of piperazine rings is 2. The number of amides is 5. The number of alkyl carbamates (subject to hydrolysis) is 1. The van der Waals surface area contributed by atoms with Crippen molar-refractivity contribution in [1.82, 2.24) is 65.1 Å². The van der Waals surface area contributed by atoms with Gasteiger partial charge in [-0.05, 0) is 155 Å². The van der Waals surface area contributed by atoms with Gasteiger partial charge in [0.25, 0.3) is 17.8 Å². The Bertz CT molecular complexity index is 5290. The third kappa shape index (κ3) is 28.4. The molecule has 137 heavy (non-hydrogen) atoms. The van der Waals surface area contributed by atoms with Crippen molar-refractivity contribution in [2.24, 2.45) is 23.7 Å². The molecule has 6 aromatic rings. The van der Waals surface area contributed by atoms with Crippen LogP contribution in [0.2, 0.25) is 0 Å². The van der Waals surface area contributed by atoms with E-state index in [1.54, 1.807) is 70.9 Å². The lowest BCUT2D eigenvalue weighted by Crippen LogP contribution is -2.54. The molecule has 6 aliphatic heterocycles. The molecule has 0 radical (unpaired) electrons. The number of oxazole rings is 1. The number of cyclic esters (lactones) is 1. The molecule has 2 unspecified atom stereocenters. The van der Waals surface area contributed by atoms with E-state index in [1.807, 2.05) is 71.1 Å². The van der Waals surface area contributed by atoms with Gasteiger partial charge in [-0.3, -0.25) is 43.9 Å². The van der Waals surface area contributed by atoms with Crippen molar-refractivity contribution in [3.63, 3.8) is 0 Å². The van der Waals surface area contributed by atoms with E-state index in [1.165, 1.54) is 24.4 Å². The average Bonchev–Trinajstić information content (AvgIpc) is 1.72. The number of rotatable bonds is 28. The molecule has 38 heteroatoms. The highest BCUT2D eigenvalue weighted by molar-refractivity contribution is 6.38. The molecule has 5 fully saturated rings.